The molecular weight excluding hydrogens is 230 g/mol. The summed E-state index contributed by atoms with van der Waals surface area (Å²) >= 11 is 0. The Balaban J connectivity index is 2.18. The van der Waals surface area contributed by atoms with Crippen molar-refractivity contribution in [2.75, 3.05) is 13.2 Å². The quantitative estimate of drug-likeness (QED) is 0.842. The average molecular weight is 253 g/mol. The molecule has 1 saturated carbocycles. The molecule has 1 aromatic rings. The standard InChI is InChI=1S/C13H23N3O2/c1-3-10(17-4-2)11-15-12(18-16-11)13(9-14)7-5-6-8-13/h10H,3-9,14H2,1-2H3. The highest BCUT2D eigenvalue weighted by molar-refractivity contribution is 5.09. The van der Waals surface area contributed by atoms with E-state index in [9.17, 15) is 0 Å². The Morgan fingerprint density at radius 2 is 2.11 bits per heavy atom. The molecule has 5 heteroatoms. The molecule has 5 nitrogen and oxygen atoms in total. The predicted molar refractivity (Wildman–Crippen MR) is 68.2 cm³/mol. The highest BCUT2D eigenvalue weighted by Crippen LogP contribution is 2.39. The molecule has 1 unspecified atom stereocenters. The number of hydrogen-bond acceptors (Lipinski definition) is 5. The molecule has 1 atom stereocenters. The Labute approximate surface area is 108 Å². The first kappa shape index (κ1) is 13.5. The largest absolute Gasteiger partial charge is 0.370 e. The molecule has 0 aromatic carbocycles. The van der Waals surface area contributed by atoms with E-state index < -0.39 is 0 Å². The zero-order valence-electron chi connectivity index (χ0n) is 11.3. The summed E-state index contributed by atoms with van der Waals surface area (Å²) in [5.41, 5.74) is 5.83. The third-order valence-corrected chi connectivity index (χ3v) is 3.87. The summed E-state index contributed by atoms with van der Waals surface area (Å²) in [6, 6.07) is 0. The van der Waals surface area contributed by atoms with Crippen LogP contribution in [-0.2, 0) is 10.2 Å². The molecule has 1 aromatic heterocycles. The van der Waals surface area contributed by atoms with Gasteiger partial charge < -0.3 is 15.0 Å². The molecular formula is C13H23N3O2. The van der Waals surface area contributed by atoms with E-state index in [4.69, 9.17) is 15.0 Å². The van der Waals surface area contributed by atoms with Gasteiger partial charge in [-0.2, -0.15) is 4.98 Å². The van der Waals surface area contributed by atoms with Gasteiger partial charge in [0, 0.05) is 13.2 Å². The summed E-state index contributed by atoms with van der Waals surface area (Å²) < 4.78 is 11.1. The van der Waals surface area contributed by atoms with E-state index in [-0.39, 0.29) is 11.5 Å². The normalized spacial score (nSPS) is 20.2. The zero-order valence-corrected chi connectivity index (χ0v) is 11.3. The van der Waals surface area contributed by atoms with Crippen molar-refractivity contribution in [3.8, 4) is 0 Å². The lowest BCUT2D eigenvalue weighted by Gasteiger charge is -2.21. The van der Waals surface area contributed by atoms with Crippen LogP contribution < -0.4 is 5.73 Å². The predicted octanol–water partition coefficient (Wildman–Crippen LogP) is 2.33. The molecule has 0 radical (unpaired) electrons. The average Bonchev–Trinajstić information content (AvgIpc) is 3.04. The Hall–Kier alpha value is -0.940. The second-order valence-corrected chi connectivity index (χ2v) is 5.00. The van der Waals surface area contributed by atoms with Crippen LogP contribution in [0.4, 0.5) is 0 Å². The summed E-state index contributed by atoms with van der Waals surface area (Å²) in [5, 5.41) is 4.08. The van der Waals surface area contributed by atoms with Gasteiger partial charge in [-0.25, -0.2) is 0 Å². The van der Waals surface area contributed by atoms with Gasteiger partial charge in [0.05, 0.1) is 5.41 Å². The van der Waals surface area contributed by atoms with Crippen molar-refractivity contribution in [3.63, 3.8) is 0 Å². The summed E-state index contributed by atoms with van der Waals surface area (Å²) in [5.74, 6) is 1.37. The Morgan fingerprint density at radius 1 is 1.39 bits per heavy atom. The van der Waals surface area contributed by atoms with Crippen molar-refractivity contribution >= 4 is 0 Å². The van der Waals surface area contributed by atoms with Crippen LogP contribution in [0, 0.1) is 0 Å². The van der Waals surface area contributed by atoms with Crippen molar-refractivity contribution in [3.05, 3.63) is 11.7 Å². The van der Waals surface area contributed by atoms with Gasteiger partial charge in [-0.05, 0) is 26.2 Å². The van der Waals surface area contributed by atoms with Crippen LogP contribution in [0.15, 0.2) is 4.52 Å². The number of nitrogens with two attached hydrogens (primary N) is 1. The van der Waals surface area contributed by atoms with Crippen LogP contribution >= 0.6 is 0 Å². The first-order chi connectivity index (χ1) is 8.75. The summed E-state index contributed by atoms with van der Waals surface area (Å²) in [7, 11) is 0. The van der Waals surface area contributed by atoms with Crippen LogP contribution in [0.1, 0.15) is 63.8 Å². The number of aromatic nitrogens is 2. The van der Waals surface area contributed by atoms with Crippen molar-refractivity contribution < 1.29 is 9.26 Å². The molecule has 102 valence electrons. The molecule has 0 amide bonds. The van der Waals surface area contributed by atoms with E-state index in [0.29, 0.717) is 24.9 Å². The van der Waals surface area contributed by atoms with Gasteiger partial charge in [0.2, 0.25) is 11.7 Å². The van der Waals surface area contributed by atoms with E-state index >= 15 is 0 Å². The van der Waals surface area contributed by atoms with Crippen molar-refractivity contribution in [1.82, 2.24) is 10.1 Å². The molecule has 2 N–H and O–H groups in total. The van der Waals surface area contributed by atoms with Crippen LogP contribution in [0.25, 0.3) is 0 Å². The molecule has 1 fully saturated rings. The van der Waals surface area contributed by atoms with Gasteiger partial charge >= 0.3 is 0 Å². The van der Waals surface area contributed by atoms with Crippen molar-refractivity contribution in [2.24, 2.45) is 5.73 Å². The fourth-order valence-corrected chi connectivity index (χ4v) is 2.71. The third-order valence-electron chi connectivity index (χ3n) is 3.87. The second kappa shape index (κ2) is 5.80. The lowest BCUT2D eigenvalue weighted by molar-refractivity contribution is 0.0518. The highest BCUT2D eigenvalue weighted by atomic mass is 16.5. The summed E-state index contributed by atoms with van der Waals surface area (Å²) in [6.07, 6.45) is 5.27. The first-order valence-corrected chi connectivity index (χ1v) is 6.91. The zero-order chi connectivity index (χ0) is 13.0. The van der Waals surface area contributed by atoms with Gasteiger partial charge in [-0.15, -0.1) is 0 Å². The van der Waals surface area contributed by atoms with E-state index in [1.54, 1.807) is 0 Å². The molecule has 0 aliphatic heterocycles. The SMILES string of the molecule is CCOC(CC)c1noc(C2(CN)CCCC2)n1. The Bertz CT molecular complexity index is 372. The number of ether oxygens (including phenoxy) is 1. The maximum Gasteiger partial charge on any atom is 0.234 e. The fraction of sp³-hybridized carbons (Fsp3) is 0.846. The first-order valence-electron chi connectivity index (χ1n) is 6.91. The lowest BCUT2D eigenvalue weighted by Crippen LogP contribution is -2.32. The van der Waals surface area contributed by atoms with Gasteiger partial charge in [0.15, 0.2) is 0 Å². The van der Waals surface area contributed by atoms with Crippen molar-refractivity contribution in [1.29, 1.82) is 0 Å². The fourth-order valence-electron chi connectivity index (χ4n) is 2.71. The molecule has 0 saturated heterocycles. The minimum atomic E-state index is -0.0875. The van der Waals surface area contributed by atoms with Crippen molar-refractivity contribution in [2.45, 2.75) is 57.5 Å². The minimum absolute atomic E-state index is 0.0660. The molecule has 0 bridgehead atoms. The van der Waals surface area contributed by atoms with E-state index in [2.05, 4.69) is 17.1 Å². The van der Waals surface area contributed by atoms with Crippen LogP contribution in [-0.4, -0.2) is 23.3 Å². The number of rotatable bonds is 6. The van der Waals surface area contributed by atoms with Crippen LogP contribution in [0.3, 0.4) is 0 Å². The van der Waals surface area contributed by atoms with Gasteiger partial charge in [-0.1, -0.05) is 24.9 Å². The Morgan fingerprint density at radius 3 is 2.67 bits per heavy atom. The maximum absolute atomic E-state index is 5.92. The van der Waals surface area contributed by atoms with Gasteiger partial charge in [-0.3, -0.25) is 0 Å². The second-order valence-electron chi connectivity index (χ2n) is 5.00. The number of hydrogen-bond donors (Lipinski definition) is 1. The topological polar surface area (TPSA) is 74.2 Å². The third kappa shape index (κ3) is 2.42. The summed E-state index contributed by atoms with van der Waals surface area (Å²) in [6.45, 7) is 5.27. The highest BCUT2D eigenvalue weighted by Gasteiger charge is 2.40. The maximum atomic E-state index is 5.92. The molecule has 1 aliphatic rings. The molecule has 1 aliphatic carbocycles. The molecule has 18 heavy (non-hydrogen) atoms. The lowest BCUT2D eigenvalue weighted by atomic mass is 9.86. The monoisotopic (exact) mass is 253 g/mol. The van der Waals surface area contributed by atoms with Gasteiger partial charge in [0.1, 0.15) is 6.10 Å². The minimum Gasteiger partial charge on any atom is -0.370 e. The van der Waals surface area contributed by atoms with Crippen LogP contribution in [0.2, 0.25) is 0 Å². The summed E-state index contributed by atoms with van der Waals surface area (Å²) in [4.78, 5) is 4.54. The molecule has 0 spiro atoms. The molecule has 1 heterocycles. The van der Waals surface area contributed by atoms with E-state index in [1.165, 1.54) is 12.8 Å². The van der Waals surface area contributed by atoms with Crippen LogP contribution in [0.5, 0.6) is 0 Å². The van der Waals surface area contributed by atoms with Gasteiger partial charge in [0.25, 0.3) is 0 Å². The smallest absolute Gasteiger partial charge is 0.234 e. The Kier molecular flexibility index (Phi) is 4.35. The number of nitrogens with zero attached hydrogens (tertiary/aromatic N) is 2. The van der Waals surface area contributed by atoms with E-state index in [0.717, 1.165) is 19.3 Å². The van der Waals surface area contributed by atoms with E-state index in [1.807, 2.05) is 6.92 Å². The molecule has 2 rings (SSSR count).